The highest BCUT2D eigenvalue weighted by molar-refractivity contribution is 9.10. The highest BCUT2D eigenvalue weighted by Gasteiger charge is 2.50. The number of benzene rings is 1. The Balaban J connectivity index is 2.09. The predicted molar refractivity (Wildman–Crippen MR) is 73.8 cm³/mol. The van der Waals surface area contributed by atoms with Crippen molar-refractivity contribution >= 4 is 21.9 Å². The van der Waals surface area contributed by atoms with Gasteiger partial charge in [-0.15, -0.1) is 0 Å². The number of aliphatic hydroxyl groups is 2. The average molecular weight is 343 g/mol. The Morgan fingerprint density at radius 2 is 2.30 bits per heavy atom. The Bertz CT molecular complexity index is 559. The third kappa shape index (κ3) is 1.94. The van der Waals surface area contributed by atoms with Crippen molar-refractivity contribution in [3.8, 4) is 5.75 Å². The van der Waals surface area contributed by atoms with Crippen LogP contribution in [0.25, 0.3) is 0 Å². The van der Waals surface area contributed by atoms with Gasteiger partial charge >= 0.3 is 5.97 Å². The lowest BCUT2D eigenvalue weighted by Gasteiger charge is -2.18. The minimum atomic E-state index is -0.580. The Morgan fingerprint density at radius 3 is 2.95 bits per heavy atom. The molecular weight excluding hydrogens is 328 g/mol. The summed E-state index contributed by atoms with van der Waals surface area (Å²) >= 11 is 3.38. The first-order valence-corrected chi connectivity index (χ1v) is 7.23. The van der Waals surface area contributed by atoms with E-state index in [4.69, 9.17) is 9.47 Å². The molecule has 2 N–H and O–H groups in total. The van der Waals surface area contributed by atoms with Crippen LogP contribution in [0.4, 0.5) is 0 Å². The lowest BCUT2D eigenvalue weighted by atomic mass is 9.88. The fourth-order valence-electron chi connectivity index (χ4n) is 3.27. The van der Waals surface area contributed by atoms with E-state index in [0.717, 1.165) is 10.0 Å². The number of hydrogen-bond acceptors (Lipinski definition) is 5. The minimum Gasteiger partial charge on any atom is -0.488 e. The van der Waals surface area contributed by atoms with Gasteiger partial charge in [0.1, 0.15) is 17.4 Å². The SMILES string of the molecule is COC(=O)c1cc(Br)cc2c1O[C@H]1C[C@@H](O)[C@H](CO)[C@@H]21. The molecule has 1 aliphatic heterocycles. The van der Waals surface area contributed by atoms with Gasteiger partial charge in [-0.2, -0.15) is 0 Å². The second-order valence-corrected chi connectivity index (χ2v) is 6.11. The van der Waals surface area contributed by atoms with Gasteiger partial charge in [0.05, 0.1) is 13.2 Å². The highest BCUT2D eigenvalue weighted by atomic mass is 79.9. The van der Waals surface area contributed by atoms with Gasteiger partial charge in [0.2, 0.25) is 0 Å². The standard InChI is InChI=1S/C14H15BrO5/c1-19-14(18)8-3-6(15)2-7-12-9(5-16)10(17)4-11(12)20-13(7)8/h2-3,9-12,16-17H,4-5H2,1H3/t9-,10+,11-,12+/m0/s1. The molecular formula is C14H15BrO5. The van der Waals surface area contributed by atoms with Gasteiger partial charge in [-0.1, -0.05) is 15.9 Å². The van der Waals surface area contributed by atoms with E-state index in [-0.39, 0.29) is 24.5 Å². The molecule has 0 bridgehead atoms. The first-order chi connectivity index (χ1) is 9.56. The number of ether oxygens (including phenoxy) is 2. The first kappa shape index (κ1) is 13.9. The lowest BCUT2D eigenvalue weighted by Crippen LogP contribution is -2.22. The molecule has 0 aromatic heterocycles. The summed E-state index contributed by atoms with van der Waals surface area (Å²) in [5.74, 6) is -0.295. The largest absolute Gasteiger partial charge is 0.488 e. The van der Waals surface area contributed by atoms with Gasteiger partial charge in [-0.3, -0.25) is 0 Å². The molecule has 1 fully saturated rings. The Morgan fingerprint density at radius 1 is 1.55 bits per heavy atom. The highest BCUT2D eigenvalue weighted by Crippen LogP contribution is 2.52. The van der Waals surface area contributed by atoms with E-state index in [1.165, 1.54) is 7.11 Å². The number of carbonyl (C=O) groups excluding carboxylic acids is 1. The third-order valence-corrected chi connectivity index (χ3v) is 4.61. The number of halogens is 1. The fraction of sp³-hybridized carbons (Fsp3) is 0.500. The fourth-order valence-corrected chi connectivity index (χ4v) is 3.74. The molecule has 108 valence electrons. The van der Waals surface area contributed by atoms with Crippen molar-refractivity contribution in [1.82, 2.24) is 0 Å². The molecule has 0 spiro atoms. The molecule has 1 aliphatic carbocycles. The van der Waals surface area contributed by atoms with Gasteiger partial charge in [-0.05, 0) is 12.1 Å². The van der Waals surface area contributed by atoms with E-state index in [9.17, 15) is 15.0 Å². The van der Waals surface area contributed by atoms with Crippen molar-refractivity contribution in [3.05, 3.63) is 27.7 Å². The van der Waals surface area contributed by atoms with E-state index >= 15 is 0 Å². The molecule has 0 saturated heterocycles. The number of methoxy groups -OCH3 is 1. The molecule has 3 rings (SSSR count). The maximum absolute atomic E-state index is 11.8. The maximum Gasteiger partial charge on any atom is 0.341 e. The lowest BCUT2D eigenvalue weighted by molar-refractivity contribution is 0.0594. The summed E-state index contributed by atoms with van der Waals surface area (Å²) in [6.07, 6.45) is -0.318. The van der Waals surface area contributed by atoms with Crippen LogP contribution in [0.1, 0.15) is 28.3 Å². The topological polar surface area (TPSA) is 76.0 Å². The Kier molecular flexibility index (Phi) is 3.48. The Hall–Kier alpha value is -1.11. The van der Waals surface area contributed by atoms with E-state index in [1.54, 1.807) is 6.07 Å². The zero-order chi connectivity index (χ0) is 14.4. The summed E-state index contributed by atoms with van der Waals surface area (Å²) in [4.78, 5) is 11.8. The molecule has 5 nitrogen and oxygen atoms in total. The predicted octanol–water partition coefficient (Wildman–Crippen LogP) is 1.45. The molecule has 0 unspecified atom stereocenters. The Labute approximate surface area is 124 Å². The number of carbonyl (C=O) groups is 1. The molecule has 2 aliphatic rings. The van der Waals surface area contributed by atoms with Gasteiger partial charge in [0.25, 0.3) is 0 Å². The van der Waals surface area contributed by atoms with Gasteiger partial charge < -0.3 is 19.7 Å². The zero-order valence-corrected chi connectivity index (χ0v) is 12.5. The molecule has 4 atom stereocenters. The van der Waals surface area contributed by atoms with Crippen LogP contribution in [0.5, 0.6) is 5.75 Å². The number of rotatable bonds is 2. The zero-order valence-electron chi connectivity index (χ0n) is 10.9. The van der Waals surface area contributed by atoms with Crippen molar-refractivity contribution in [3.63, 3.8) is 0 Å². The van der Waals surface area contributed by atoms with E-state index in [2.05, 4.69) is 15.9 Å². The molecule has 0 radical (unpaired) electrons. The monoisotopic (exact) mass is 342 g/mol. The number of esters is 1. The van der Waals surface area contributed by atoms with Gasteiger partial charge in [0.15, 0.2) is 0 Å². The number of hydrogen-bond donors (Lipinski definition) is 2. The molecule has 1 saturated carbocycles. The summed E-state index contributed by atoms with van der Waals surface area (Å²) in [6.45, 7) is -0.106. The molecule has 1 aromatic rings. The molecule has 20 heavy (non-hydrogen) atoms. The van der Waals surface area contributed by atoms with Crippen LogP contribution >= 0.6 is 15.9 Å². The van der Waals surface area contributed by atoms with Crippen molar-refractivity contribution < 1.29 is 24.5 Å². The second-order valence-electron chi connectivity index (χ2n) is 5.19. The van der Waals surface area contributed by atoms with Crippen LogP contribution in [0.3, 0.4) is 0 Å². The van der Waals surface area contributed by atoms with Gasteiger partial charge in [0, 0.05) is 34.9 Å². The molecule has 0 amide bonds. The van der Waals surface area contributed by atoms with Crippen molar-refractivity contribution in [2.24, 2.45) is 5.92 Å². The van der Waals surface area contributed by atoms with Crippen LogP contribution < -0.4 is 4.74 Å². The summed E-state index contributed by atoms with van der Waals surface area (Å²) < 4.78 is 11.4. The van der Waals surface area contributed by atoms with Crippen LogP contribution in [0, 0.1) is 5.92 Å². The molecule has 1 aromatic carbocycles. The molecule has 1 heterocycles. The summed E-state index contributed by atoms with van der Waals surface area (Å²) in [7, 11) is 1.33. The minimum absolute atomic E-state index is 0.0918. The average Bonchev–Trinajstić information content (AvgIpc) is 2.91. The summed E-state index contributed by atoms with van der Waals surface area (Å²) in [6, 6.07) is 3.54. The summed E-state index contributed by atoms with van der Waals surface area (Å²) in [5.41, 5.74) is 1.22. The van der Waals surface area contributed by atoms with Gasteiger partial charge in [-0.25, -0.2) is 4.79 Å². The summed E-state index contributed by atoms with van der Waals surface area (Å²) in [5, 5.41) is 19.5. The number of aliphatic hydroxyl groups excluding tert-OH is 2. The smallest absolute Gasteiger partial charge is 0.341 e. The normalized spacial score (nSPS) is 30.6. The maximum atomic E-state index is 11.8. The van der Waals surface area contributed by atoms with Crippen molar-refractivity contribution in [2.75, 3.05) is 13.7 Å². The second kappa shape index (κ2) is 5.02. The van der Waals surface area contributed by atoms with Crippen LogP contribution in [-0.2, 0) is 4.74 Å². The van der Waals surface area contributed by atoms with E-state index in [0.29, 0.717) is 17.7 Å². The van der Waals surface area contributed by atoms with Crippen LogP contribution in [-0.4, -0.2) is 42.1 Å². The molecule has 6 heteroatoms. The van der Waals surface area contributed by atoms with E-state index < -0.39 is 12.1 Å². The van der Waals surface area contributed by atoms with Crippen LogP contribution in [0.15, 0.2) is 16.6 Å². The number of fused-ring (bicyclic) bond motifs is 3. The van der Waals surface area contributed by atoms with Crippen molar-refractivity contribution in [1.29, 1.82) is 0 Å². The first-order valence-electron chi connectivity index (χ1n) is 6.44. The van der Waals surface area contributed by atoms with Crippen LogP contribution in [0.2, 0.25) is 0 Å². The quantitative estimate of drug-likeness (QED) is 0.795. The third-order valence-electron chi connectivity index (χ3n) is 4.16. The van der Waals surface area contributed by atoms with Crippen molar-refractivity contribution in [2.45, 2.75) is 24.5 Å². The van der Waals surface area contributed by atoms with E-state index in [1.807, 2.05) is 6.07 Å².